The zero-order valence-electron chi connectivity index (χ0n) is 19.2. The summed E-state index contributed by atoms with van der Waals surface area (Å²) in [5.41, 5.74) is 5.59. The normalized spacial score (nSPS) is 11.6. The molecule has 1 N–H and O–H groups in total. The second kappa shape index (κ2) is 9.91. The number of allylic oxidation sites excluding steroid dienone is 1. The quantitative estimate of drug-likeness (QED) is 0.322. The molecule has 0 unspecified atom stereocenters. The van der Waals surface area contributed by atoms with Crippen LogP contribution in [0, 0.1) is 18.6 Å². The third-order valence-corrected chi connectivity index (χ3v) is 5.80. The highest BCUT2D eigenvalue weighted by molar-refractivity contribution is 6.01. The van der Waals surface area contributed by atoms with Gasteiger partial charge >= 0.3 is 0 Å². The number of halogens is 2. The van der Waals surface area contributed by atoms with Crippen LogP contribution in [-0.4, -0.2) is 19.6 Å². The third-order valence-electron chi connectivity index (χ3n) is 5.80. The number of hydrogen-bond donors (Lipinski definition) is 1. The summed E-state index contributed by atoms with van der Waals surface area (Å²) >= 11 is 0. The first-order valence-corrected chi connectivity index (χ1v) is 10.9. The van der Waals surface area contributed by atoms with E-state index in [9.17, 15) is 13.6 Å². The Labute approximate surface area is 196 Å². The topological polar surface area (TPSA) is 51.5 Å². The van der Waals surface area contributed by atoms with Crippen molar-refractivity contribution in [2.75, 3.05) is 13.7 Å². The van der Waals surface area contributed by atoms with E-state index in [1.807, 2.05) is 19.9 Å². The Morgan fingerprint density at radius 1 is 1.06 bits per heavy atom. The molecule has 4 aromatic rings. The predicted octanol–water partition coefficient (Wildman–Crippen LogP) is 6.46. The summed E-state index contributed by atoms with van der Waals surface area (Å²) in [7, 11) is 1.58. The van der Waals surface area contributed by atoms with E-state index in [-0.39, 0.29) is 17.5 Å². The summed E-state index contributed by atoms with van der Waals surface area (Å²) in [6, 6.07) is 14.4. The summed E-state index contributed by atoms with van der Waals surface area (Å²) in [6.07, 6.45) is 3.78. The molecule has 174 valence electrons. The van der Waals surface area contributed by atoms with Crippen molar-refractivity contribution in [2.45, 2.75) is 20.3 Å². The monoisotopic (exact) mass is 461 g/mol. The summed E-state index contributed by atoms with van der Waals surface area (Å²) < 4.78 is 37.9. The number of amides is 1. The number of furan rings is 1. The van der Waals surface area contributed by atoms with Gasteiger partial charge in [0.1, 0.15) is 23.0 Å². The van der Waals surface area contributed by atoms with Crippen LogP contribution in [0.5, 0.6) is 5.75 Å². The first-order valence-electron chi connectivity index (χ1n) is 10.9. The van der Waals surface area contributed by atoms with E-state index >= 15 is 0 Å². The molecule has 0 aliphatic carbocycles. The van der Waals surface area contributed by atoms with Gasteiger partial charge in [0.2, 0.25) is 5.91 Å². The van der Waals surface area contributed by atoms with Crippen LogP contribution in [0.25, 0.3) is 27.7 Å². The maximum Gasteiger partial charge on any atom is 0.244 e. The lowest BCUT2D eigenvalue weighted by atomic mass is 9.96. The molecule has 1 heterocycles. The largest absolute Gasteiger partial charge is 0.496 e. The van der Waals surface area contributed by atoms with Crippen molar-refractivity contribution in [2.24, 2.45) is 0 Å². The maximum absolute atomic E-state index is 13.4. The van der Waals surface area contributed by atoms with Gasteiger partial charge in [0, 0.05) is 34.7 Å². The number of ether oxygens (including phenoxy) is 1. The molecule has 34 heavy (non-hydrogen) atoms. The molecule has 1 amide bonds. The van der Waals surface area contributed by atoms with Crippen LogP contribution in [0.4, 0.5) is 8.78 Å². The molecule has 0 saturated heterocycles. The third kappa shape index (κ3) is 4.86. The van der Waals surface area contributed by atoms with Crippen molar-refractivity contribution in [3.8, 4) is 16.9 Å². The van der Waals surface area contributed by atoms with Gasteiger partial charge in [-0.2, -0.15) is 0 Å². The average molecular weight is 462 g/mol. The van der Waals surface area contributed by atoms with Crippen LogP contribution in [0.1, 0.15) is 23.6 Å². The zero-order chi connectivity index (χ0) is 24.2. The Morgan fingerprint density at radius 2 is 1.71 bits per heavy atom. The fraction of sp³-hybridized carbons (Fsp3) is 0.179. The molecule has 0 fully saturated rings. The number of aryl methyl sites for hydroxylation is 1. The van der Waals surface area contributed by atoms with Crippen molar-refractivity contribution in [1.82, 2.24) is 5.32 Å². The van der Waals surface area contributed by atoms with Crippen molar-refractivity contribution >= 4 is 22.4 Å². The SMILES string of the molecule is COc1c(/C(C)=C/C(=O)NCCc2ccc(F)cc2)cc2c(-c3ccc(F)cc3)coc2c1C. The number of hydrogen-bond acceptors (Lipinski definition) is 3. The molecule has 0 aliphatic rings. The minimum atomic E-state index is -0.306. The van der Waals surface area contributed by atoms with Crippen LogP contribution < -0.4 is 10.1 Å². The van der Waals surface area contributed by atoms with E-state index in [1.54, 1.807) is 37.6 Å². The lowest BCUT2D eigenvalue weighted by molar-refractivity contribution is -0.116. The zero-order valence-corrected chi connectivity index (χ0v) is 19.2. The predicted molar refractivity (Wildman–Crippen MR) is 130 cm³/mol. The van der Waals surface area contributed by atoms with Gasteiger partial charge in [-0.15, -0.1) is 0 Å². The Hall–Kier alpha value is -3.93. The summed E-state index contributed by atoms with van der Waals surface area (Å²) in [4.78, 5) is 12.5. The minimum Gasteiger partial charge on any atom is -0.496 e. The molecule has 4 rings (SSSR count). The molecule has 0 aliphatic heterocycles. The molecule has 4 nitrogen and oxygen atoms in total. The standard InChI is InChI=1S/C28H25F2NO3/c1-17(14-26(32)31-13-12-19-4-8-21(29)9-5-19)23-15-24-25(20-6-10-22(30)11-7-20)16-34-28(24)18(2)27(23)33-3/h4-11,14-16H,12-13H2,1-3H3,(H,31,32)/b17-14+. The smallest absolute Gasteiger partial charge is 0.244 e. The summed E-state index contributed by atoms with van der Waals surface area (Å²) in [6.45, 7) is 4.18. The highest BCUT2D eigenvalue weighted by Crippen LogP contribution is 2.40. The fourth-order valence-electron chi connectivity index (χ4n) is 4.03. The molecule has 0 radical (unpaired) electrons. The number of carbonyl (C=O) groups excluding carboxylic acids is 1. The summed E-state index contributed by atoms with van der Waals surface area (Å²) in [5, 5.41) is 3.72. The number of benzene rings is 3. The van der Waals surface area contributed by atoms with Gasteiger partial charge < -0.3 is 14.5 Å². The maximum atomic E-state index is 13.4. The van der Waals surface area contributed by atoms with Crippen molar-refractivity contribution in [3.63, 3.8) is 0 Å². The van der Waals surface area contributed by atoms with Gasteiger partial charge in [-0.3, -0.25) is 4.79 Å². The first kappa shape index (κ1) is 23.2. The molecule has 0 atom stereocenters. The number of methoxy groups -OCH3 is 1. The number of rotatable bonds is 7. The van der Waals surface area contributed by atoms with E-state index in [0.717, 1.165) is 38.8 Å². The Balaban J connectivity index is 1.60. The van der Waals surface area contributed by atoms with Gasteiger partial charge in [0.05, 0.1) is 13.4 Å². The number of fused-ring (bicyclic) bond motifs is 1. The van der Waals surface area contributed by atoms with Crippen molar-refractivity contribution < 1.29 is 22.7 Å². The minimum absolute atomic E-state index is 0.231. The molecule has 3 aromatic carbocycles. The van der Waals surface area contributed by atoms with E-state index in [0.29, 0.717) is 24.3 Å². The van der Waals surface area contributed by atoms with Crippen LogP contribution >= 0.6 is 0 Å². The van der Waals surface area contributed by atoms with E-state index in [4.69, 9.17) is 9.15 Å². The number of nitrogens with one attached hydrogen (secondary N) is 1. The molecular weight excluding hydrogens is 436 g/mol. The van der Waals surface area contributed by atoms with E-state index in [2.05, 4.69) is 5.32 Å². The molecular formula is C28H25F2NO3. The van der Waals surface area contributed by atoms with Gasteiger partial charge in [0.15, 0.2) is 0 Å². The fourth-order valence-corrected chi connectivity index (χ4v) is 4.03. The van der Waals surface area contributed by atoms with Gasteiger partial charge in [-0.1, -0.05) is 24.3 Å². The van der Waals surface area contributed by atoms with Crippen molar-refractivity contribution in [3.05, 3.63) is 95.3 Å². The molecule has 6 heteroatoms. The average Bonchev–Trinajstić information content (AvgIpc) is 3.25. The van der Waals surface area contributed by atoms with Crippen LogP contribution in [0.15, 0.2) is 71.4 Å². The highest BCUT2D eigenvalue weighted by Gasteiger charge is 2.18. The second-order valence-corrected chi connectivity index (χ2v) is 8.11. The van der Waals surface area contributed by atoms with Gasteiger partial charge in [-0.25, -0.2) is 8.78 Å². The van der Waals surface area contributed by atoms with E-state index < -0.39 is 0 Å². The molecule has 0 saturated carbocycles. The Kier molecular flexibility index (Phi) is 6.77. The molecule has 0 bridgehead atoms. The second-order valence-electron chi connectivity index (χ2n) is 8.11. The first-order chi connectivity index (χ1) is 16.4. The van der Waals surface area contributed by atoms with Crippen molar-refractivity contribution in [1.29, 1.82) is 0 Å². The van der Waals surface area contributed by atoms with Gasteiger partial charge in [0.25, 0.3) is 0 Å². The number of carbonyl (C=O) groups is 1. The highest BCUT2D eigenvalue weighted by atomic mass is 19.1. The lowest BCUT2D eigenvalue weighted by Crippen LogP contribution is -2.23. The van der Waals surface area contributed by atoms with Crippen LogP contribution in [0.2, 0.25) is 0 Å². The molecule has 0 spiro atoms. The Bertz CT molecular complexity index is 1350. The Morgan fingerprint density at radius 3 is 2.35 bits per heavy atom. The van der Waals surface area contributed by atoms with Crippen LogP contribution in [-0.2, 0) is 11.2 Å². The van der Waals surface area contributed by atoms with Gasteiger partial charge in [-0.05, 0) is 67.3 Å². The molecule has 1 aromatic heterocycles. The van der Waals surface area contributed by atoms with Crippen LogP contribution in [0.3, 0.4) is 0 Å². The summed E-state index contributed by atoms with van der Waals surface area (Å²) in [5.74, 6) is -0.196. The lowest BCUT2D eigenvalue weighted by Gasteiger charge is -2.13. The van der Waals surface area contributed by atoms with E-state index in [1.165, 1.54) is 30.3 Å².